The molecule has 0 heterocycles. The largest absolute Gasteiger partial charge is 0.389 e. The van der Waals surface area contributed by atoms with Gasteiger partial charge in [0.15, 0.2) is 0 Å². The summed E-state index contributed by atoms with van der Waals surface area (Å²) in [5, 5.41) is 2.85. The van der Waals surface area contributed by atoms with E-state index in [1.807, 2.05) is 11.9 Å². The highest BCUT2D eigenvalue weighted by Crippen LogP contribution is 2.09. The van der Waals surface area contributed by atoms with Gasteiger partial charge in [0.2, 0.25) is 5.91 Å². The van der Waals surface area contributed by atoms with Gasteiger partial charge in [-0.05, 0) is 44.3 Å². The Morgan fingerprint density at radius 2 is 2.00 bits per heavy atom. The van der Waals surface area contributed by atoms with Crippen molar-refractivity contribution in [3.63, 3.8) is 0 Å². The van der Waals surface area contributed by atoms with Crippen molar-refractivity contribution in [2.45, 2.75) is 19.8 Å². The molecule has 4 nitrogen and oxygen atoms in total. The van der Waals surface area contributed by atoms with Crippen molar-refractivity contribution < 1.29 is 4.79 Å². The maximum Gasteiger partial charge on any atom is 0.238 e. The van der Waals surface area contributed by atoms with Crippen LogP contribution in [0.1, 0.15) is 25.3 Å². The van der Waals surface area contributed by atoms with Crippen LogP contribution in [0.5, 0.6) is 0 Å². The Morgan fingerprint density at radius 1 is 1.37 bits per heavy atom. The monoisotopic (exact) mass is 279 g/mol. The number of unbranched alkanes of at least 4 members (excludes halogenated alkanes) is 1. The number of likely N-dealkylation sites (N-methyl/N-ethyl adjacent to an activating group) is 1. The van der Waals surface area contributed by atoms with Crippen LogP contribution < -0.4 is 11.1 Å². The molecular formula is C14H21N3OS. The van der Waals surface area contributed by atoms with E-state index in [1.54, 1.807) is 24.3 Å². The molecule has 5 heteroatoms. The van der Waals surface area contributed by atoms with Crippen molar-refractivity contribution in [1.29, 1.82) is 0 Å². The van der Waals surface area contributed by atoms with E-state index in [-0.39, 0.29) is 5.91 Å². The number of nitrogens with one attached hydrogen (secondary N) is 1. The number of amides is 1. The third-order valence-electron chi connectivity index (χ3n) is 2.76. The summed E-state index contributed by atoms with van der Waals surface area (Å²) in [6, 6.07) is 7.22. The van der Waals surface area contributed by atoms with Gasteiger partial charge in [0.1, 0.15) is 4.99 Å². The molecule has 0 unspecified atom stereocenters. The van der Waals surface area contributed by atoms with E-state index in [2.05, 4.69) is 12.2 Å². The predicted molar refractivity (Wildman–Crippen MR) is 83.4 cm³/mol. The van der Waals surface area contributed by atoms with Crippen LogP contribution in [0.4, 0.5) is 5.69 Å². The third kappa shape index (κ3) is 5.81. The molecular weight excluding hydrogens is 258 g/mol. The smallest absolute Gasteiger partial charge is 0.238 e. The van der Waals surface area contributed by atoms with E-state index in [0.29, 0.717) is 11.5 Å². The highest BCUT2D eigenvalue weighted by atomic mass is 32.1. The van der Waals surface area contributed by atoms with Crippen LogP contribution in [-0.4, -0.2) is 35.9 Å². The molecule has 0 spiro atoms. The lowest BCUT2D eigenvalue weighted by Crippen LogP contribution is -2.30. The van der Waals surface area contributed by atoms with Crippen LogP contribution in [-0.2, 0) is 4.79 Å². The molecule has 0 saturated heterocycles. The van der Waals surface area contributed by atoms with E-state index in [4.69, 9.17) is 18.0 Å². The van der Waals surface area contributed by atoms with Gasteiger partial charge in [0.25, 0.3) is 0 Å². The van der Waals surface area contributed by atoms with Gasteiger partial charge >= 0.3 is 0 Å². The minimum Gasteiger partial charge on any atom is -0.389 e. The molecule has 19 heavy (non-hydrogen) atoms. The third-order valence-corrected chi connectivity index (χ3v) is 3.00. The molecule has 1 amide bonds. The molecule has 1 aromatic rings. The minimum atomic E-state index is -0.0123. The summed E-state index contributed by atoms with van der Waals surface area (Å²) in [7, 11) is 1.95. The van der Waals surface area contributed by atoms with E-state index >= 15 is 0 Å². The molecule has 104 valence electrons. The zero-order chi connectivity index (χ0) is 14.3. The van der Waals surface area contributed by atoms with Crippen LogP contribution in [0.2, 0.25) is 0 Å². The summed E-state index contributed by atoms with van der Waals surface area (Å²) >= 11 is 4.87. The van der Waals surface area contributed by atoms with Crippen LogP contribution in [0.15, 0.2) is 24.3 Å². The predicted octanol–water partition coefficient (Wildman–Crippen LogP) is 1.99. The SMILES string of the molecule is CCCCN(C)CC(=O)Nc1ccc(C(N)=S)cc1. The van der Waals surface area contributed by atoms with Gasteiger partial charge in [-0.25, -0.2) is 0 Å². The minimum absolute atomic E-state index is 0.0123. The van der Waals surface area contributed by atoms with E-state index < -0.39 is 0 Å². The molecule has 0 saturated carbocycles. The molecule has 0 aromatic heterocycles. The fraction of sp³-hybridized carbons (Fsp3) is 0.429. The summed E-state index contributed by atoms with van der Waals surface area (Å²) in [4.78, 5) is 14.2. The lowest BCUT2D eigenvalue weighted by molar-refractivity contribution is -0.117. The molecule has 1 rings (SSSR count). The van der Waals surface area contributed by atoms with Gasteiger partial charge in [0, 0.05) is 11.3 Å². The first-order valence-corrected chi connectivity index (χ1v) is 6.82. The maximum absolute atomic E-state index is 11.8. The van der Waals surface area contributed by atoms with E-state index in [9.17, 15) is 4.79 Å². The second-order valence-electron chi connectivity index (χ2n) is 4.58. The number of anilines is 1. The van der Waals surface area contributed by atoms with Crippen molar-refractivity contribution in [1.82, 2.24) is 4.90 Å². The molecule has 0 fully saturated rings. The van der Waals surface area contributed by atoms with Gasteiger partial charge in [-0.2, -0.15) is 0 Å². The summed E-state index contributed by atoms with van der Waals surface area (Å²) in [5.41, 5.74) is 7.07. The topological polar surface area (TPSA) is 58.4 Å². The highest BCUT2D eigenvalue weighted by molar-refractivity contribution is 7.80. The van der Waals surface area contributed by atoms with Crippen molar-refractivity contribution in [2.75, 3.05) is 25.5 Å². The van der Waals surface area contributed by atoms with E-state index in [1.165, 1.54) is 0 Å². The fourth-order valence-corrected chi connectivity index (χ4v) is 1.81. The molecule has 1 aromatic carbocycles. The lowest BCUT2D eigenvalue weighted by Gasteiger charge is -2.15. The van der Waals surface area contributed by atoms with Crippen LogP contribution in [0.25, 0.3) is 0 Å². The van der Waals surface area contributed by atoms with Gasteiger partial charge in [-0.3, -0.25) is 9.69 Å². The molecule has 0 aliphatic carbocycles. The zero-order valence-electron chi connectivity index (χ0n) is 11.5. The summed E-state index contributed by atoms with van der Waals surface area (Å²) < 4.78 is 0. The summed E-state index contributed by atoms with van der Waals surface area (Å²) in [5.74, 6) is -0.0123. The van der Waals surface area contributed by atoms with Gasteiger partial charge in [0.05, 0.1) is 6.54 Å². The Kier molecular flexibility index (Phi) is 6.45. The van der Waals surface area contributed by atoms with Gasteiger partial charge < -0.3 is 11.1 Å². The number of hydrogen-bond acceptors (Lipinski definition) is 3. The van der Waals surface area contributed by atoms with Crippen LogP contribution in [0, 0.1) is 0 Å². The second kappa shape index (κ2) is 7.86. The molecule has 0 aliphatic rings. The average molecular weight is 279 g/mol. The molecule has 0 radical (unpaired) electrons. The lowest BCUT2D eigenvalue weighted by atomic mass is 10.2. The number of rotatable bonds is 7. The second-order valence-corrected chi connectivity index (χ2v) is 5.02. The maximum atomic E-state index is 11.8. The number of thiocarbonyl (C=S) groups is 1. The Balaban J connectivity index is 2.45. The Labute approximate surface area is 120 Å². The quantitative estimate of drug-likeness (QED) is 0.749. The van der Waals surface area contributed by atoms with Crippen molar-refractivity contribution in [3.05, 3.63) is 29.8 Å². The average Bonchev–Trinajstić information content (AvgIpc) is 2.36. The molecule has 0 bridgehead atoms. The van der Waals surface area contributed by atoms with Gasteiger partial charge in [-0.1, -0.05) is 25.6 Å². The summed E-state index contributed by atoms with van der Waals surface area (Å²) in [6.45, 7) is 3.47. The normalized spacial score (nSPS) is 10.5. The number of nitrogens with two attached hydrogens (primary N) is 1. The first-order chi connectivity index (χ1) is 9.02. The number of carbonyl (C=O) groups excluding carboxylic acids is 1. The zero-order valence-corrected chi connectivity index (χ0v) is 12.3. The van der Waals surface area contributed by atoms with Crippen molar-refractivity contribution >= 4 is 28.8 Å². The molecule has 3 N–H and O–H groups in total. The highest BCUT2D eigenvalue weighted by Gasteiger charge is 2.06. The Bertz CT molecular complexity index is 431. The van der Waals surface area contributed by atoms with Crippen molar-refractivity contribution in [2.24, 2.45) is 5.73 Å². The fourth-order valence-electron chi connectivity index (χ4n) is 1.67. The van der Waals surface area contributed by atoms with E-state index in [0.717, 1.165) is 30.6 Å². The molecule has 0 atom stereocenters. The summed E-state index contributed by atoms with van der Waals surface area (Å²) in [6.07, 6.45) is 2.23. The number of benzene rings is 1. The Hall–Kier alpha value is -1.46. The first-order valence-electron chi connectivity index (χ1n) is 6.41. The van der Waals surface area contributed by atoms with Crippen LogP contribution in [0.3, 0.4) is 0 Å². The first kappa shape index (κ1) is 15.6. The number of carbonyl (C=O) groups is 1. The number of nitrogens with zero attached hydrogens (tertiary/aromatic N) is 1. The Morgan fingerprint density at radius 3 is 2.53 bits per heavy atom. The number of hydrogen-bond donors (Lipinski definition) is 2. The van der Waals surface area contributed by atoms with Gasteiger partial charge in [-0.15, -0.1) is 0 Å². The van der Waals surface area contributed by atoms with Crippen molar-refractivity contribution in [3.8, 4) is 0 Å². The molecule has 0 aliphatic heterocycles. The van der Waals surface area contributed by atoms with Crippen LogP contribution >= 0.6 is 12.2 Å². The standard InChI is InChI=1S/C14H21N3OS/c1-3-4-9-17(2)10-13(18)16-12-7-5-11(6-8-12)14(15)19/h5-8H,3-4,9-10H2,1-2H3,(H2,15,19)(H,16,18).